The first-order chi connectivity index (χ1) is 5.84. The zero-order valence-electron chi connectivity index (χ0n) is 7.08. The Balaban J connectivity index is 2.30. The summed E-state index contributed by atoms with van der Waals surface area (Å²) in [6.07, 6.45) is 3.91. The van der Waals surface area contributed by atoms with E-state index in [0.717, 1.165) is 4.47 Å². The third kappa shape index (κ3) is 3.00. The van der Waals surface area contributed by atoms with E-state index >= 15 is 0 Å². The topological polar surface area (TPSA) is 30.2 Å². The molecule has 0 N–H and O–H groups in total. The van der Waals surface area contributed by atoms with Crippen molar-refractivity contribution in [3.05, 3.63) is 24.2 Å². The maximum absolute atomic E-state index is 11.3. The average molecular weight is 280 g/mol. The first-order valence-electron chi connectivity index (χ1n) is 4.05. The molecule has 1 aromatic rings. The van der Waals surface area contributed by atoms with Crippen LogP contribution in [0.5, 0.6) is 0 Å². The van der Waals surface area contributed by atoms with Crippen molar-refractivity contribution < 1.29 is 9.21 Å². The van der Waals surface area contributed by atoms with Gasteiger partial charge in [0, 0.05) is 0 Å². The normalized spacial score (nSPS) is 10.1. The number of unbranched alkanes of at least 4 members (excludes halogenated alkanes) is 1. The van der Waals surface area contributed by atoms with Crippen LogP contribution < -0.4 is 0 Å². The molecule has 0 spiro atoms. The second-order valence-corrected chi connectivity index (χ2v) is 5.51. The molecule has 0 saturated heterocycles. The summed E-state index contributed by atoms with van der Waals surface area (Å²) in [6, 6.07) is 3.51. The van der Waals surface area contributed by atoms with Crippen molar-refractivity contribution in [2.45, 2.75) is 24.2 Å². The summed E-state index contributed by atoms with van der Waals surface area (Å²) in [5.41, 5.74) is 0. The second-order valence-electron chi connectivity index (χ2n) is 2.47. The van der Waals surface area contributed by atoms with Crippen molar-refractivity contribution in [1.82, 2.24) is 0 Å². The molecule has 0 fully saturated rings. The predicted octanol–water partition coefficient (Wildman–Crippen LogP) is 2.34. The van der Waals surface area contributed by atoms with Gasteiger partial charge in [0.1, 0.15) is 0 Å². The van der Waals surface area contributed by atoms with Crippen LogP contribution in [-0.2, 0) is 0 Å². The van der Waals surface area contributed by atoms with E-state index in [1.165, 1.54) is 12.8 Å². The van der Waals surface area contributed by atoms with Crippen LogP contribution in [0.1, 0.15) is 30.3 Å². The van der Waals surface area contributed by atoms with E-state index < -0.39 is 20.9 Å². The molecule has 2 nitrogen and oxygen atoms in total. The van der Waals surface area contributed by atoms with Crippen molar-refractivity contribution >= 4 is 24.8 Å². The monoisotopic (exact) mass is 282 g/mol. The van der Waals surface area contributed by atoms with Crippen LogP contribution in [0.25, 0.3) is 0 Å². The summed E-state index contributed by atoms with van der Waals surface area (Å²) >= 11 is -0.501. The Bertz CT molecular complexity index is 229. The fourth-order valence-electron chi connectivity index (χ4n) is 0.775. The molecule has 0 unspecified atom stereocenters. The molecular formula is C9H12O2Te. The van der Waals surface area contributed by atoms with E-state index in [1.54, 1.807) is 18.4 Å². The number of hydrogen-bond donors (Lipinski definition) is 0. The molecule has 0 aromatic carbocycles. The third-order valence-corrected chi connectivity index (χ3v) is 4.18. The fourth-order valence-corrected chi connectivity index (χ4v) is 3.28. The number of furan rings is 1. The van der Waals surface area contributed by atoms with Gasteiger partial charge in [0.05, 0.1) is 0 Å². The van der Waals surface area contributed by atoms with Gasteiger partial charge in [0.15, 0.2) is 0 Å². The molecule has 0 saturated carbocycles. The number of carbonyl (C=O) groups excluding carboxylic acids is 1. The minimum absolute atomic E-state index is 0.249. The van der Waals surface area contributed by atoms with Crippen LogP contribution in [0.4, 0.5) is 0 Å². The summed E-state index contributed by atoms with van der Waals surface area (Å²) in [5.74, 6) is 0.550. The van der Waals surface area contributed by atoms with Crippen molar-refractivity contribution in [1.29, 1.82) is 0 Å². The summed E-state index contributed by atoms with van der Waals surface area (Å²) < 4.78 is 6.36. The summed E-state index contributed by atoms with van der Waals surface area (Å²) in [7, 11) is 0. The maximum atomic E-state index is 11.3. The van der Waals surface area contributed by atoms with Crippen LogP contribution in [-0.4, -0.2) is 24.8 Å². The molecule has 1 rings (SSSR count). The van der Waals surface area contributed by atoms with Gasteiger partial charge in [-0.2, -0.15) is 0 Å². The van der Waals surface area contributed by atoms with Gasteiger partial charge in [-0.25, -0.2) is 0 Å². The Labute approximate surface area is 82.4 Å². The fraction of sp³-hybridized carbons (Fsp3) is 0.444. The Hall–Kier alpha value is -0.260. The molecule has 0 radical (unpaired) electrons. The molecular weight excluding hydrogens is 268 g/mol. The van der Waals surface area contributed by atoms with Gasteiger partial charge in [-0.1, -0.05) is 0 Å². The van der Waals surface area contributed by atoms with E-state index in [0.29, 0.717) is 5.76 Å². The van der Waals surface area contributed by atoms with Crippen LogP contribution in [0, 0.1) is 0 Å². The molecule has 0 amide bonds. The second kappa shape index (κ2) is 5.40. The Morgan fingerprint density at radius 2 is 2.50 bits per heavy atom. The van der Waals surface area contributed by atoms with Gasteiger partial charge < -0.3 is 0 Å². The predicted molar refractivity (Wildman–Crippen MR) is 48.5 cm³/mol. The van der Waals surface area contributed by atoms with Gasteiger partial charge in [-0.3, -0.25) is 0 Å². The van der Waals surface area contributed by atoms with Crippen molar-refractivity contribution in [3.8, 4) is 0 Å². The molecule has 1 aromatic heterocycles. The van der Waals surface area contributed by atoms with Gasteiger partial charge in [-0.05, 0) is 0 Å². The van der Waals surface area contributed by atoms with E-state index in [1.807, 2.05) is 0 Å². The first-order valence-corrected chi connectivity index (χ1v) is 6.86. The number of carbonyl (C=O) groups is 1. The molecule has 0 bridgehead atoms. The number of hydrogen-bond acceptors (Lipinski definition) is 2. The molecule has 0 aliphatic heterocycles. The van der Waals surface area contributed by atoms with Crippen molar-refractivity contribution in [2.75, 3.05) is 0 Å². The summed E-state index contributed by atoms with van der Waals surface area (Å²) in [6.45, 7) is 2.14. The van der Waals surface area contributed by atoms with Gasteiger partial charge >= 0.3 is 82.4 Å². The van der Waals surface area contributed by atoms with E-state index in [-0.39, 0.29) is 3.83 Å². The average Bonchev–Trinajstić information content (AvgIpc) is 2.56. The molecule has 0 aliphatic carbocycles. The molecule has 12 heavy (non-hydrogen) atoms. The zero-order valence-corrected chi connectivity index (χ0v) is 9.41. The van der Waals surface area contributed by atoms with Gasteiger partial charge in [0.25, 0.3) is 0 Å². The van der Waals surface area contributed by atoms with Crippen LogP contribution >= 0.6 is 0 Å². The van der Waals surface area contributed by atoms with Gasteiger partial charge in [-0.15, -0.1) is 0 Å². The number of rotatable bonds is 5. The van der Waals surface area contributed by atoms with E-state index in [9.17, 15) is 4.79 Å². The first kappa shape index (κ1) is 9.82. The zero-order chi connectivity index (χ0) is 8.81. The summed E-state index contributed by atoms with van der Waals surface area (Å²) in [4.78, 5) is 11.3. The summed E-state index contributed by atoms with van der Waals surface area (Å²) in [5, 5.41) is 0. The molecule has 0 atom stereocenters. The van der Waals surface area contributed by atoms with E-state index in [4.69, 9.17) is 4.42 Å². The Morgan fingerprint density at radius 1 is 1.67 bits per heavy atom. The third-order valence-electron chi connectivity index (χ3n) is 1.45. The SMILES string of the molecule is CCCC[Te]C(=O)c1ccco1. The van der Waals surface area contributed by atoms with Crippen LogP contribution in [0.2, 0.25) is 4.47 Å². The van der Waals surface area contributed by atoms with E-state index in [2.05, 4.69) is 6.92 Å². The Morgan fingerprint density at radius 3 is 3.08 bits per heavy atom. The Kier molecular flexibility index (Phi) is 4.42. The standard InChI is InChI=1S/C9H12O2Te/c1-2-3-7-12-9(10)8-5-4-6-11-8/h4-6H,2-3,7H2,1H3. The van der Waals surface area contributed by atoms with Crippen molar-refractivity contribution in [2.24, 2.45) is 0 Å². The van der Waals surface area contributed by atoms with Crippen LogP contribution in [0.15, 0.2) is 22.8 Å². The quantitative estimate of drug-likeness (QED) is 0.612. The molecule has 1 heterocycles. The molecule has 66 valence electrons. The minimum atomic E-state index is -0.501. The van der Waals surface area contributed by atoms with Crippen LogP contribution in [0.3, 0.4) is 0 Å². The van der Waals surface area contributed by atoms with Crippen molar-refractivity contribution in [3.63, 3.8) is 0 Å². The molecule has 3 heteroatoms. The molecule has 0 aliphatic rings. The van der Waals surface area contributed by atoms with Gasteiger partial charge in [0.2, 0.25) is 0 Å².